The van der Waals surface area contributed by atoms with Crippen molar-refractivity contribution in [2.45, 2.75) is 32.7 Å². The molecule has 4 rings (SSSR count). The van der Waals surface area contributed by atoms with Crippen molar-refractivity contribution < 1.29 is 18.3 Å². The van der Waals surface area contributed by atoms with Crippen molar-refractivity contribution in [3.8, 4) is 17.0 Å². The van der Waals surface area contributed by atoms with Crippen LogP contribution in [0.4, 0.5) is 13.9 Å². The highest BCUT2D eigenvalue weighted by molar-refractivity contribution is 7.14. The summed E-state index contributed by atoms with van der Waals surface area (Å²) in [7, 11) is 2.91. The molecular formula is C24H25F2N5O4S. The average Bonchev–Trinajstić information content (AvgIpc) is 3.47. The molecule has 0 spiro atoms. The Morgan fingerprint density at radius 1 is 1.14 bits per heavy atom. The van der Waals surface area contributed by atoms with Crippen LogP contribution in [-0.4, -0.2) is 31.2 Å². The molecule has 1 aromatic carbocycles. The number of hydrogen-bond acceptors (Lipinski definition) is 6. The highest BCUT2D eigenvalue weighted by Crippen LogP contribution is 2.31. The second kappa shape index (κ2) is 10.4. The van der Waals surface area contributed by atoms with E-state index in [9.17, 15) is 23.2 Å². The van der Waals surface area contributed by atoms with Crippen molar-refractivity contribution in [3.05, 3.63) is 62.2 Å². The summed E-state index contributed by atoms with van der Waals surface area (Å²) < 4.78 is 37.9. The summed E-state index contributed by atoms with van der Waals surface area (Å²) in [6.45, 7) is 2.06. The van der Waals surface area contributed by atoms with Gasteiger partial charge < -0.3 is 14.6 Å². The highest BCUT2D eigenvalue weighted by atomic mass is 32.1. The number of carbonyl (C=O) groups is 1. The number of nitrogens with one attached hydrogen (secondary N) is 1. The number of halogens is 2. The number of unbranched alkanes of at least 4 members (excludes halogenated alkanes) is 2. The number of carbonyl (C=O) groups excluding carboxylic acids is 1. The van der Waals surface area contributed by atoms with Gasteiger partial charge in [0, 0.05) is 31.2 Å². The highest BCUT2D eigenvalue weighted by Gasteiger charge is 2.17. The minimum absolute atomic E-state index is 0.195. The van der Waals surface area contributed by atoms with Crippen LogP contribution in [0.15, 0.2) is 39.4 Å². The lowest BCUT2D eigenvalue weighted by atomic mass is 10.1. The normalized spacial score (nSPS) is 11.2. The number of aryl methyl sites for hydroxylation is 1. The lowest BCUT2D eigenvalue weighted by Gasteiger charge is -2.09. The molecular weight excluding hydrogens is 492 g/mol. The Kier molecular flexibility index (Phi) is 7.34. The van der Waals surface area contributed by atoms with Gasteiger partial charge in [-0.2, -0.15) is 0 Å². The van der Waals surface area contributed by atoms with Crippen molar-refractivity contribution in [2.75, 3.05) is 11.9 Å². The van der Waals surface area contributed by atoms with Gasteiger partial charge in [0.05, 0.1) is 17.8 Å². The molecule has 190 valence electrons. The molecule has 4 aromatic rings. The van der Waals surface area contributed by atoms with E-state index in [1.807, 2.05) is 6.92 Å². The van der Waals surface area contributed by atoms with Crippen molar-refractivity contribution in [2.24, 2.45) is 14.1 Å². The number of aromatic nitrogens is 4. The Labute approximate surface area is 208 Å². The molecule has 0 radical (unpaired) electrons. The van der Waals surface area contributed by atoms with Crippen molar-refractivity contribution >= 4 is 33.4 Å². The van der Waals surface area contributed by atoms with Gasteiger partial charge in [-0.15, -0.1) is 11.3 Å². The van der Waals surface area contributed by atoms with Gasteiger partial charge in [-0.25, -0.2) is 18.6 Å². The third-order valence-corrected chi connectivity index (χ3v) is 6.50. The Bertz CT molecular complexity index is 1530. The third-order valence-electron chi connectivity index (χ3n) is 5.74. The number of ether oxygens (including phenoxy) is 1. The van der Waals surface area contributed by atoms with Crippen LogP contribution in [-0.2, 0) is 25.4 Å². The molecule has 0 saturated heterocycles. The van der Waals surface area contributed by atoms with Crippen LogP contribution in [0, 0.1) is 11.6 Å². The summed E-state index contributed by atoms with van der Waals surface area (Å²) >= 11 is 1.09. The van der Waals surface area contributed by atoms with Crippen LogP contribution in [0.5, 0.6) is 5.75 Å². The van der Waals surface area contributed by atoms with Gasteiger partial charge in [0.25, 0.3) is 5.56 Å². The van der Waals surface area contributed by atoms with Crippen LogP contribution in [0.1, 0.15) is 26.2 Å². The summed E-state index contributed by atoms with van der Waals surface area (Å²) in [5, 5.41) is 4.43. The second-order valence-corrected chi connectivity index (χ2v) is 9.15. The Hall–Kier alpha value is -3.80. The molecule has 0 atom stereocenters. The maximum Gasteiger partial charge on any atom is 0.331 e. The van der Waals surface area contributed by atoms with Gasteiger partial charge in [-0.1, -0.05) is 19.8 Å². The molecule has 36 heavy (non-hydrogen) atoms. The van der Waals surface area contributed by atoms with E-state index in [-0.39, 0.29) is 29.4 Å². The van der Waals surface area contributed by atoms with Gasteiger partial charge in [0.1, 0.15) is 12.1 Å². The zero-order chi connectivity index (χ0) is 26.0. The number of amides is 1. The van der Waals surface area contributed by atoms with Gasteiger partial charge in [-0.05, 0) is 24.6 Å². The molecule has 0 unspecified atom stereocenters. The van der Waals surface area contributed by atoms with E-state index < -0.39 is 34.5 Å². The quantitative estimate of drug-likeness (QED) is 0.342. The summed E-state index contributed by atoms with van der Waals surface area (Å²) in [6, 6.07) is 3.88. The van der Waals surface area contributed by atoms with Crippen LogP contribution >= 0.6 is 11.3 Å². The van der Waals surface area contributed by atoms with E-state index in [1.54, 1.807) is 24.7 Å². The maximum atomic E-state index is 14.5. The van der Waals surface area contributed by atoms with E-state index in [4.69, 9.17) is 4.74 Å². The largest absolute Gasteiger partial charge is 0.488 e. The minimum atomic E-state index is -0.824. The number of hydrogen-bond donors (Lipinski definition) is 1. The van der Waals surface area contributed by atoms with E-state index in [1.165, 1.54) is 16.2 Å². The first-order chi connectivity index (χ1) is 17.2. The second-order valence-electron chi connectivity index (χ2n) is 8.29. The number of nitrogens with zero attached hydrogens (tertiary/aromatic N) is 4. The predicted octanol–water partition coefficient (Wildman–Crippen LogP) is 3.65. The van der Waals surface area contributed by atoms with Gasteiger partial charge >= 0.3 is 5.69 Å². The summed E-state index contributed by atoms with van der Waals surface area (Å²) in [4.78, 5) is 41.6. The zero-order valence-corrected chi connectivity index (χ0v) is 20.8. The lowest BCUT2D eigenvalue weighted by molar-refractivity contribution is -0.116. The number of benzene rings is 1. The van der Waals surface area contributed by atoms with Crippen LogP contribution in [0.2, 0.25) is 0 Å². The first-order valence-electron chi connectivity index (χ1n) is 11.3. The fraction of sp³-hybridized carbons (Fsp3) is 0.333. The van der Waals surface area contributed by atoms with E-state index in [0.29, 0.717) is 17.6 Å². The number of fused-ring (bicyclic) bond motifs is 1. The molecule has 3 aromatic heterocycles. The first-order valence-corrected chi connectivity index (χ1v) is 12.2. The number of rotatable bonds is 9. The molecule has 3 heterocycles. The zero-order valence-electron chi connectivity index (χ0n) is 20.0. The topological polar surface area (TPSA) is 100 Å². The minimum Gasteiger partial charge on any atom is -0.488 e. The SMILES string of the molecule is CCCCCOc1c(F)cc(-c2csc(NC(=O)Cn3ccc4c3c(=O)n(C)c(=O)n4C)n2)cc1F. The monoisotopic (exact) mass is 517 g/mol. The molecule has 0 saturated carbocycles. The van der Waals surface area contributed by atoms with E-state index in [0.717, 1.165) is 40.9 Å². The Morgan fingerprint density at radius 3 is 2.56 bits per heavy atom. The van der Waals surface area contributed by atoms with Crippen LogP contribution < -0.4 is 21.3 Å². The number of thiazole rings is 1. The van der Waals surface area contributed by atoms with Gasteiger partial charge in [0.2, 0.25) is 5.91 Å². The molecule has 0 fully saturated rings. The molecule has 1 N–H and O–H groups in total. The fourth-order valence-corrected chi connectivity index (χ4v) is 4.55. The van der Waals surface area contributed by atoms with Gasteiger partial charge in [0.15, 0.2) is 22.5 Å². The van der Waals surface area contributed by atoms with E-state index >= 15 is 0 Å². The van der Waals surface area contributed by atoms with Crippen LogP contribution in [0.3, 0.4) is 0 Å². The molecule has 0 aliphatic rings. The average molecular weight is 518 g/mol. The maximum absolute atomic E-state index is 14.5. The molecule has 1 amide bonds. The number of anilines is 1. The molecule has 0 aliphatic carbocycles. The summed E-state index contributed by atoms with van der Waals surface area (Å²) in [5.74, 6) is -2.52. The van der Waals surface area contributed by atoms with Crippen molar-refractivity contribution in [1.82, 2.24) is 18.7 Å². The van der Waals surface area contributed by atoms with Crippen molar-refractivity contribution in [3.63, 3.8) is 0 Å². The van der Waals surface area contributed by atoms with Gasteiger partial charge in [-0.3, -0.25) is 18.7 Å². The van der Waals surface area contributed by atoms with E-state index in [2.05, 4.69) is 10.3 Å². The lowest BCUT2D eigenvalue weighted by Crippen LogP contribution is -2.37. The predicted molar refractivity (Wildman–Crippen MR) is 134 cm³/mol. The molecule has 9 nitrogen and oxygen atoms in total. The molecule has 0 aliphatic heterocycles. The molecule has 0 bridgehead atoms. The van der Waals surface area contributed by atoms with Crippen molar-refractivity contribution in [1.29, 1.82) is 0 Å². The molecule has 12 heteroatoms. The Morgan fingerprint density at radius 2 is 1.86 bits per heavy atom. The standard InChI is InChI=1S/C24H25F2N5O4S/c1-4-5-6-9-35-21-15(25)10-14(11-16(21)26)17-13-36-23(27-17)28-19(32)12-31-8-7-18-20(31)22(33)30(3)24(34)29(18)2/h7-8,10-11,13H,4-6,9,12H2,1-3H3,(H,27,28,32). The van der Waals surface area contributed by atoms with Crippen LogP contribution in [0.25, 0.3) is 22.3 Å². The Balaban J connectivity index is 1.48. The first kappa shape index (κ1) is 25.3. The smallest absolute Gasteiger partial charge is 0.331 e. The summed E-state index contributed by atoms with van der Waals surface area (Å²) in [6.07, 6.45) is 4.14. The summed E-state index contributed by atoms with van der Waals surface area (Å²) in [5.41, 5.74) is 0.162. The fourth-order valence-electron chi connectivity index (χ4n) is 3.82. The third kappa shape index (κ3) is 4.94.